The largest absolute Gasteiger partial charge is 0.495 e. The molecule has 2 rings (SSSR count). The zero-order chi connectivity index (χ0) is 17.0. The SMILES string of the molecule is COc1ccc(Cl)cc1NC(=O)Nc1c(C)cccc1C(C)C. The molecule has 4 nitrogen and oxygen atoms in total. The number of nitrogens with one attached hydrogen (secondary N) is 2. The zero-order valence-corrected chi connectivity index (χ0v) is 14.5. The Bertz CT molecular complexity index is 714. The maximum absolute atomic E-state index is 12.4. The highest BCUT2D eigenvalue weighted by atomic mass is 35.5. The summed E-state index contributed by atoms with van der Waals surface area (Å²) in [6.07, 6.45) is 0. The first-order chi connectivity index (χ1) is 10.9. The normalized spacial score (nSPS) is 10.5. The summed E-state index contributed by atoms with van der Waals surface area (Å²) in [5, 5.41) is 6.24. The first kappa shape index (κ1) is 17.2. The number of benzene rings is 2. The maximum atomic E-state index is 12.4. The minimum Gasteiger partial charge on any atom is -0.495 e. The summed E-state index contributed by atoms with van der Waals surface area (Å²) in [6, 6.07) is 10.7. The topological polar surface area (TPSA) is 50.4 Å². The second-order valence-electron chi connectivity index (χ2n) is 5.62. The molecule has 23 heavy (non-hydrogen) atoms. The Kier molecular flexibility index (Phi) is 5.50. The molecule has 0 spiro atoms. The fraction of sp³-hybridized carbons (Fsp3) is 0.278. The molecular weight excluding hydrogens is 312 g/mol. The Morgan fingerprint density at radius 3 is 2.57 bits per heavy atom. The maximum Gasteiger partial charge on any atom is 0.323 e. The Labute approximate surface area is 141 Å². The van der Waals surface area contributed by atoms with E-state index in [1.807, 2.05) is 25.1 Å². The molecule has 0 aliphatic heterocycles. The highest BCUT2D eigenvalue weighted by molar-refractivity contribution is 6.31. The van der Waals surface area contributed by atoms with Gasteiger partial charge in [0.15, 0.2) is 0 Å². The van der Waals surface area contributed by atoms with Gasteiger partial charge in [0.25, 0.3) is 0 Å². The van der Waals surface area contributed by atoms with E-state index in [-0.39, 0.29) is 6.03 Å². The molecule has 2 N–H and O–H groups in total. The van der Waals surface area contributed by atoms with Gasteiger partial charge in [0, 0.05) is 10.7 Å². The molecule has 0 saturated heterocycles. The average molecular weight is 333 g/mol. The van der Waals surface area contributed by atoms with Crippen LogP contribution in [0.4, 0.5) is 16.2 Å². The van der Waals surface area contributed by atoms with Gasteiger partial charge in [-0.05, 0) is 42.2 Å². The lowest BCUT2D eigenvalue weighted by molar-refractivity contribution is 0.262. The van der Waals surface area contributed by atoms with Gasteiger partial charge in [0.05, 0.1) is 12.8 Å². The van der Waals surface area contributed by atoms with Crippen LogP contribution in [0.3, 0.4) is 0 Å². The van der Waals surface area contributed by atoms with Gasteiger partial charge in [0.2, 0.25) is 0 Å². The van der Waals surface area contributed by atoms with Gasteiger partial charge in [-0.25, -0.2) is 4.79 Å². The lowest BCUT2D eigenvalue weighted by atomic mass is 9.98. The van der Waals surface area contributed by atoms with Crippen molar-refractivity contribution in [2.24, 2.45) is 0 Å². The van der Waals surface area contributed by atoms with Crippen molar-refractivity contribution in [3.8, 4) is 5.75 Å². The van der Waals surface area contributed by atoms with Gasteiger partial charge >= 0.3 is 6.03 Å². The molecule has 0 aliphatic rings. The molecule has 2 aromatic rings. The monoisotopic (exact) mass is 332 g/mol. The number of anilines is 2. The molecular formula is C18H21ClN2O2. The van der Waals surface area contributed by atoms with Crippen molar-refractivity contribution in [3.05, 3.63) is 52.5 Å². The molecule has 2 aromatic carbocycles. The van der Waals surface area contributed by atoms with Crippen LogP contribution in [0.15, 0.2) is 36.4 Å². The quantitative estimate of drug-likeness (QED) is 0.784. The van der Waals surface area contributed by atoms with Crippen molar-refractivity contribution in [2.45, 2.75) is 26.7 Å². The minimum absolute atomic E-state index is 0.311. The van der Waals surface area contributed by atoms with E-state index in [2.05, 4.69) is 24.5 Å². The zero-order valence-electron chi connectivity index (χ0n) is 13.7. The molecule has 0 heterocycles. The van der Waals surface area contributed by atoms with E-state index in [9.17, 15) is 4.79 Å². The van der Waals surface area contributed by atoms with Crippen LogP contribution in [0, 0.1) is 6.92 Å². The molecule has 0 saturated carbocycles. The summed E-state index contributed by atoms with van der Waals surface area (Å²) >= 11 is 5.98. The molecule has 0 atom stereocenters. The van der Waals surface area contributed by atoms with Crippen molar-refractivity contribution < 1.29 is 9.53 Å². The fourth-order valence-electron chi connectivity index (χ4n) is 2.39. The smallest absolute Gasteiger partial charge is 0.323 e. The molecule has 0 bridgehead atoms. The Morgan fingerprint density at radius 1 is 1.17 bits per heavy atom. The minimum atomic E-state index is -0.332. The highest BCUT2D eigenvalue weighted by Crippen LogP contribution is 2.30. The summed E-state index contributed by atoms with van der Waals surface area (Å²) in [4.78, 5) is 12.4. The number of hydrogen-bond acceptors (Lipinski definition) is 2. The molecule has 122 valence electrons. The van der Waals surface area contributed by atoms with Gasteiger partial charge < -0.3 is 15.4 Å². The van der Waals surface area contributed by atoms with E-state index in [1.165, 1.54) is 0 Å². The van der Waals surface area contributed by atoms with Crippen molar-refractivity contribution in [1.29, 1.82) is 0 Å². The van der Waals surface area contributed by atoms with E-state index in [0.717, 1.165) is 16.8 Å². The number of ether oxygens (including phenoxy) is 1. The van der Waals surface area contributed by atoms with E-state index in [4.69, 9.17) is 16.3 Å². The van der Waals surface area contributed by atoms with Gasteiger partial charge in [-0.3, -0.25) is 0 Å². The molecule has 0 fully saturated rings. The average Bonchev–Trinajstić information content (AvgIpc) is 2.49. The second-order valence-corrected chi connectivity index (χ2v) is 6.05. The van der Waals surface area contributed by atoms with Crippen LogP contribution in [0.1, 0.15) is 30.9 Å². The number of rotatable bonds is 4. The van der Waals surface area contributed by atoms with Gasteiger partial charge in [0.1, 0.15) is 5.75 Å². The van der Waals surface area contributed by atoms with Crippen molar-refractivity contribution in [2.75, 3.05) is 17.7 Å². The number of carbonyl (C=O) groups excluding carboxylic acids is 1. The second kappa shape index (κ2) is 7.38. The lowest BCUT2D eigenvalue weighted by Crippen LogP contribution is -2.21. The van der Waals surface area contributed by atoms with Crippen LogP contribution < -0.4 is 15.4 Å². The molecule has 0 aromatic heterocycles. The summed E-state index contributed by atoms with van der Waals surface area (Å²) in [5.74, 6) is 0.865. The molecule has 2 amide bonds. The predicted octanol–water partition coefficient (Wildman–Crippen LogP) is 5.42. The lowest BCUT2D eigenvalue weighted by Gasteiger charge is -2.17. The number of aryl methyl sites for hydroxylation is 1. The number of carbonyl (C=O) groups is 1. The van der Waals surface area contributed by atoms with E-state index < -0.39 is 0 Å². The number of halogens is 1. The van der Waals surface area contributed by atoms with Gasteiger partial charge in [-0.15, -0.1) is 0 Å². The summed E-state index contributed by atoms with van der Waals surface area (Å²) in [6.45, 7) is 6.16. The van der Waals surface area contributed by atoms with Gasteiger partial charge in [-0.2, -0.15) is 0 Å². The summed E-state index contributed by atoms with van der Waals surface area (Å²) < 4.78 is 5.24. The van der Waals surface area contributed by atoms with E-state index in [1.54, 1.807) is 25.3 Å². The van der Waals surface area contributed by atoms with Crippen LogP contribution in [-0.2, 0) is 0 Å². The Balaban J connectivity index is 2.23. The Morgan fingerprint density at radius 2 is 1.91 bits per heavy atom. The first-order valence-electron chi connectivity index (χ1n) is 7.43. The standard InChI is InChI=1S/C18H21ClN2O2/c1-11(2)14-7-5-6-12(3)17(14)21-18(22)20-15-10-13(19)8-9-16(15)23-4/h5-11H,1-4H3,(H2,20,21,22). The number of hydrogen-bond donors (Lipinski definition) is 2. The molecule has 0 radical (unpaired) electrons. The fourth-order valence-corrected chi connectivity index (χ4v) is 2.56. The van der Waals surface area contributed by atoms with E-state index >= 15 is 0 Å². The van der Waals surface area contributed by atoms with Crippen LogP contribution >= 0.6 is 11.6 Å². The first-order valence-corrected chi connectivity index (χ1v) is 7.81. The predicted molar refractivity (Wildman–Crippen MR) is 95.9 cm³/mol. The Hall–Kier alpha value is -2.20. The number of methoxy groups -OCH3 is 1. The number of para-hydroxylation sites is 1. The molecule has 0 unspecified atom stereocenters. The van der Waals surface area contributed by atoms with Crippen molar-refractivity contribution in [3.63, 3.8) is 0 Å². The number of amides is 2. The molecule has 5 heteroatoms. The third-order valence-electron chi connectivity index (χ3n) is 3.58. The van der Waals surface area contributed by atoms with Crippen LogP contribution in [0.5, 0.6) is 5.75 Å². The van der Waals surface area contributed by atoms with Crippen molar-refractivity contribution >= 4 is 29.0 Å². The van der Waals surface area contributed by atoms with Crippen LogP contribution in [0.25, 0.3) is 0 Å². The molecule has 0 aliphatic carbocycles. The summed E-state index contributed by atoms with van der Waals surface area (Å²) in [5.41, 5.74) is 3.47. The highest BCUT2D eigenvalue weighted by Gasteiger charge is 2.13. The van der Waals surface area contributed by atoms with Crippen LogP contribution in [-0.4, -0.2) is 13.1 Å². The van der Waals surface area contributed by atoms with Gasteiger partial charge in [-0.1, -0.05) is 43.6 Å². The third-order valence-corrected chi connectivity index (χ3v) is 3.81. The summed E-state index contributed by atoms with van der Waals surface area (Å²) in [7, 11) is 1.55. The van der Waals surface area contributed by atoms with Crippen molar-refractivity contribution in [1.82, 2.24) is 0 Å². The number of urea groups is 1. The van der Waals surface area contributed by atoms with Crippen LogP contribution in [0.2, 0.25) is 5.02 Å². The third kappa shape index (κ3) is 4.17. The van der Waals surface area contributed by atoms with E-state index in [0.29, 0.717) is 22.4 Å².